The van der Waals surface area contributed by atoms with Crippen LogP contribution in [0.5, 0.6) is 0 Å². The quantitative estimate of drug-likeness (QED) is 0.225. The maximum absolute atomic E-state index is 6.73. The summed E-state index contributed by atoms with van der Waals surface area (Å²) < 4.78 is 9.06. The van der Waals surface area contributed by atoms with Crippen LogP contribution in [0, 0.1) is 0 Å². The van der Waals surface area contributed by atoms with Gasteiger partial charge in [-0.05, 0) is 59.3 Å². The second-order valence-corrected chi connectivity index (χ2v) is 10.4. The van der Waals surface area contributed by atoms with Gasteiger partial charge >= 0.3 is 0 Å². The minimum absolute atomic E-state index is 0.779. The summed E-state index contributed by atoms with van der Waals surface area (Å²) in [7, 11) is 0. The Morgan fingerprint density at radius 3 is 1.74 bits per heavy atom. The lowest BCUT2D eigenvalue weighted by atomic mass is 9.99. The van der Waals surface area contributed by atoms with Gasteiger partial charge in [-0.15, -0.1) is 0 Å². The molecule has 0 saturated heterocycles. The highest BCUT2D eigenvalue weighted by molar-refractivity contribution is 6.35. The Morgan fingerprint density at radius 2 is 1.07 bits per heavy atom. The number of aromatic nitrogens is 4. The second kappa shape index (κ2) is 8.85. The molecule has 0 fully saturated rings. The molecule has 0 aliphatic carbocycles. The molecule has 0 amide bonds. The van der Waals surface area contributed by atoms with Crippen LogP contribution in [0.15, 0.2) is 138 Å². The Kier molecular flexibility index (Phi) is 4.83. The van der Waals surface area contributed by atoms with Crippen molar-refractivity contribution in [3.05, 3.63) is 134 Å². The lowest BCUT2D eigenvalue weighted by Crippen LogP contribution is -1.99. The lowest BCUT2D eigenvalue weighted by molar-refractivity contribution is 0.671. The summed E-state index contributed by atoms with van der Waals surface area (Å²) in [6, 6.07) is 41.6. The van der Waals surface area contributed by atoms with E-state index in [-0.39, 0.29) is 0 Å². The van der Waals surface area contributed by atoms with Crippen LogP contribution in [0.4, 0.5) is 0 Å². The van der Waals surface area contributed by atoms with Crippen molar-refractivity contribution in [3.8, 4) is 28.5 Å². The molecule has 0 N–H and O–H groups in total. The predicted molar refractivity (Wildman–Crippen MR) is 170 cm³/mol. The van der Waals surface area contributed by atoms with Gasteiger partial charge in [-0.2, -0.15) is 0 Å². The van der Waals surface area contributed by atoms with E-state index in [2.05, 4.69) is 87.3 Å². The number of hydrogen-bond acceptors (Lipinski definition) is 4. The first-order valence-corrected chi connectivity index (χ1v) is 14.0. The van der Waals surface area contributed by atoms with Crippen LogP contribution in [0.3, 0.4) is 0 Å². The summed E-state index contributed by atoms with van der Waals surface area (Å²) in [5.41, 5.74) is 8.00. The topological polar surface area (TPSA) is 56.7 Å². The van der Waals surface area contributed by atoms with Crippen molar-refractivity contribution in [1.29, 1.82) is 0 Å². The summed E-state index contributed by atoms with van der Waals surface area (Å²) >= 11 is 0. The molecule has 0 aliphatic rings. The summed E-state index contributed by atoms with van der Waals surface area (Å²) in [4.78, 5) is 14.3. The third kappa shape index (κ3) is 3.28. The maximum atomic E-state index is 6.73. The van der Waals surface area contributed by atoms with Crippen LogP contribution >= 0.6 is 0 Å². The van der Waals surface area contributed by atoms with Gasteiger partial charge in [0.15, 0.2) is 5.58 Å². The molecule has 9 aromatic rings. The molecule has 5 nitrogen and oxygen atoms in total. The SMILES string of the molecule is c1ccc(-c2cc(-n3c4ccccc4c4c5ccccc5c5c6ccccc6oc5c43)cc(-c3ccccn3)n2)nc1. The van der Waals surface area contributed by atoms with Crippen LogP contribution in [0.25, 0.3) is 83.0 Å². The van der Waals surface area contributed by atoms with Gasteiger partial charge in [-0.3, -0.25) is 9.97 Å². The Labute approximate surface area is 240 Å². The van der Waals surface area contributed by atoms with E-state index in [4.69, 9.17) is 9.40 Å². The van der Waals surface area contributed by atoms with E-state index < -0.39 is 0 Å². The van der Waals surface area contributed by atoms with Crippen LogP contribution in [-0.2, 0) is 0 Å². The van der Waals surface area contributed by atoms with Gasteiger partial charge in [0.1, 0.15) is 5.58 Å². The summed E-state index contributed by atoms with van der Waals surface area (Å²) in [5.74, 6) is 0. The molecule has 5 heteroatoms. The Hall–Kier alpha value is -5.81. The fraction of sp³-hybridized carbons (Fsp3) is 0. The van der Waals surface area contributed by atoms with Gasteiger partial charge in [-0.1, -0.05) is 72.8 Å². The van der Waals surface area contributed by atoms with E-state index in [9.17, 15) is 0 Å². The molecule has 0 saturated carbocycles. The van der Waals surface area contributed by atoms with Crippen LogP contribution in [0.1, 0.15) is 0 Å². The Morgan fingerprint density at radius 1 is 0.500 bits per heavy atom. The molecule has 9 rings (SSSR count). The van der Waals surface area contributed by atoms with Crippen LogP contribution < -0.4 is 0 Å². The first-order valence-electron chi connectivity index (χ1n) is 14.0. The first kappa shape index (κ1) is 22.9. The van der Waals surface area contributed by atoms with Gasteiger partial charge in [-0.25, -0.2) is 4.98 Å². The number of furan rings is 1. The molecular formula is C37H22N4O. The van der Waals surface area contributed by atoms with Gasteiger partial charge in [0.25, 0.3) is 0 Å². The number of hydrogen-bond donors (Lipinski definition) is 0. The number of benzene rings is 4. The lowest BCUT2D eigenvalue weighted by Gasteiger charge is -2.13. The summed E-state index contributed by atoms with van der Waals surface area (Å²) in [6.45, 7) is 0. The van der Waals surface area contributed by atoms with E-state index in [1.165, 1.54) is 21.5 Å². The standard InChI is InChI=1S/C37H22N4O/c1-2-12-25-24(11-1)34-26-13-3-5-17-32(26)41(36(34)37-35(25)27-14-4-6-18-33(27)42-37)23-21-30(28-15-7-9-19-38-28)40-31(22-23)29-16-8-10-20-39-29/h1-22H. The van der Waals surface area contributed by atoms with Gasteiger partial charge in [0.05, 0.1) is 39.5 Å². The van der Waals surface area contributed by atoms with Crippen molar-refractivity contribution < 1.29 is 4.42 Å². The second-order valence-electron chi connectivity index (χ2n) is 10.4. The molecule has 0 unspecified atom stereocenters. The number of nitrogens with zero attached hydrogens (tertiary/aromatic N) is 4. The van der Waals surface area contributed by atoms with Crippen LogP contribution in [0.2, 0.25) is 0 Å². The van der Waals surface area contributed by atoms with Crippen molar-refractivity contribution in [1.82, 2.24) is 19.5 Å². The normalized spacial score (nSPS) is 11.8. The van der Waals surface area contributed by atoms with Crippen LogP contribution in [-0.4, -0.2) is 19.5 Å². The molecule has 0 radical (unpaired) electrons. The van der Waals surface area contributed by atoms with Crippen molar-refractivity contribution in [3.63, 3.8) is 0 Å². The van der Waals surface area contributed by atoms with Crippen molar-refractivity contribution >= 4 is 54.5 Å². The molecule has 5 aromatic heterocycles. The van der Waals surface area contributed by atoms with Crippen molar-refractivity contribution in [2.45, 2.75) is 0 Å². The number of rotatable bonds is 3. The Bertz CT molecular complexity index is 2400. The average molecular weight is 539 g/mol. The first-order chi connectivity index (χ1) is 20.8. The molecule has 42 heavy (non-hydrogen) atoms. The zero-order valence-electron chi connectivity index (χ0n) is 22.4. The molecule has 0 bridgehead atoms. The molecule has 0 aliphatic heterocycles. The van der Waals surface area contributed by atoms with Gasteiger partial charge in [0.2, 0.25) is 0 Å². The highest BCUT2D eigenvalue weighted by Crippen LogP contribution is 2.45. The summed E-state index contributed by atoms with van der Waals surface area (Å²) in [5, 5.41) is 6.96. The smallest absolute Gasteiger partial charge is 0.160 e. The highest BCUT2D eigenvalue weighted by Gasteiger charge is 2.23. The van der Waals surface area contributed by atoms with Gasteiger partial charge in [0, 0.05) is 33.9 Å². The Balaban J connectivity index is 1.50. The minimum Gasteiger partial charge on any atom is -0.454 e. The fourth-order valence-electron chi connectivity index (χ4n) is 6.33. The molecular weight excluding hydrogens is 516 g/mol. The molecule has 0 atom stereocenters. The average Bonchev–Trinajstić information content (AvgIpc) is 3.62. The number of fused-ring (bicyclic) bond motifs is 10. The van der Waals surface area contributed by atoms with E-state index in [0.29, 0.717) is 0 Å². The zero-order valence-corrected chi connectivity index (χ0v) is 22.4. The fourth-order valence-corrected chi connectivity index (χ4v) is 6.33. The molecule has 5 heterocycles. The van der Waals surface area contributed by atoms with Gasteiger partial charge < -0.3 is 8.98 Å². The van der Waals surface area contributed by atoms with E-state index in [0.717, 1.165) is 61.4 Å². The zero-order chi connectivity index (χ0) is 27.6. The molecule has 4 aromatic carbocycles. The monoisotopic (exact) mass is 538 g/mol. The third-order valence-electron chi connectivity index (χ3n) is 8.07. The van der Waals surface area contributed by atoms with Crippen molar-refractivity contribution in [2.75, 3.05) is 0 Å². The maximum Gasteiger partial charge on any atom is 0.160 e. The van der Waals surface area contributed by atoms with E-state index in [1.807, 2.05) is 48.5 Å². The molecule has 0 spiro atoms. The van der Waals surface area contributed by atoms with E-state index >= 15 is 0 Å². The number of pyridine rings is 3. The van der Waals surface area contributed by atoms with Crippen molar-refractivity contribution in [2.24, 2.45) is 0 Å². The summed E-state index contributed by atoms with van der Waals surface area (Å²) in [6.07, 6.45) is 3.60. The van der Waals surface area contributed by atoms with E-state index in [1.54, 1.807) is 12.4 Å². The minimum atomic E-state index is 0.779. The molecule has 196 valence electrons. The highest BCUT2D eigenvalue weighted by atomic mass is 16.3. The number of para-hydroxylation sites is 2. The largest absolute Gasteiger partial charge is 0.454 e. The predicted octanol–water partition coefficient (Wildman–Crippen LogP) is 9.36. The third-order valence-corrected chi connectivity index (χ3v) is 8.07.